The van der Waals surface area contributed by atoms with E-state index in [9.17, 15) is 8.42 Å². The van der Waals surface area contributed by atoms with Gasteiger partial charge in [0.25, 0.3) is 15.9 Å². The number of hydrogen-bond donors (Lipinski definition) is 0. The van der Waals surface area contributed by atoms with Gasteiger partial charge in [-0.25, -0.2) is 8.42 Å². The summed E-state index contributed by atoms with van der Waals surface area (Å²) in [6.45, 7) is 5.57. The van der Waals surface area contributed by atoms with E-state index in [0.29, 0.717) is 36.4 Å². The Bertz CT molecular complexity index is 832. The lowest BCUT2D eigenvalue weighted by atomic mass is 10.3. The Morgan fingerprint density at radius 3 is 2.64 bits per heavy atom. The van der Waals surface area contributed by atoms with E-state index in [4.69, 9.17) is 8.83 Å². The lowest BCUT2D eigenvalue weighted by Gasteiger charge is -2.33. The zero-order chi connectivity index (χ0) is 17.4. The third-order valence-electron chi connectivity index (χ3n) is 4.65. The first-order valence-corrected chi connectivity index (χ1v) is 10.2. The fourth-order valence-electron chi connectivity index (χ4n) is 3.05. The van der Waals surface area contributed by atoms with Crippen LogP contribution >= 0.6 is 0 Å². The largest absolute Gasteiger partial charge is 0.451 e. The van der Waals surface area contributed by atoms with Gasteiger partial charge in [0.05, 0.1) is 5.56 Å². The summed E-state index contributed by atoms with van der Waals surface area (Å²) in [7, 11) is -3.63. The fourth-order valence-corrected chi connectivity index (χ4v) is 4.39. The van der Waals surface area contributed by atoms with Crippen molar-refractivity contribution < 1.29 is 17.3 Å². The van der Waals surface area contributed by atoms with Gasteiger partial charge in [-0.05, 0) is 25.8 Å². The highest BCUT2D eigenvalue weighted by Gasteiger charge is 2.32. The van der Waals surface area contributed by atoms with Crippen LogP contribution in [0.3, 0.4) is 0 Å². The summed E-state index contributed by atoms with van der Waals surface area (Å²) >= 11 is 0. The van der Waals surface area contributed by atoms with Crippen LogP contribution in [0.2, 0.25) is 0 Å². The second-order valence-electron chi connectivity index (χ2n) is 6.62. The minimum Gasteiger partial charge on any atom is -0.451 e. The topological polar surface area (TPSA) is 92.7 Å². The molecule has 0 unspecified atom stereocenters. The molecule has 2 aromatic rings. The van der Waals surface area contributed by atoms with Crippen LogP contribution in [0.1, 0.15) is 38.0 Å². The zero-order valence-corrected chi connectivity index (χ0v) is 15.0. The number of hydrogen-bond acceptors (Lipinski definition) is 7. The molecule has 0 atom stereocenters. The first-order chi connectivity index (χ1) is 12.1. The van der Waals surface area contributed by atoms with E-state index in [2.05, 4.69) is 22.0 Å². The molecular weight excluding hydrogens is 344 g/mol. The molecule has 0 radical (unpaired) electrons. The lowest BCUT2D eigenvalue weighted by Crippen LogP contribution is -2.48. The van der Waals surface area contributed by atoms with Crippen molar-refractivity contribution in [3.8, 4) is 11.5 Å². The van der Waals surface area contributed by atoms with Gasteiger partial charge >= 0.3 is 0 Å². The maximum atomic E-state index is 12.8. The van der Waals surface area contributed by atoms with Gasteiger partial charge in [0.1, 0.15) is 6.26 Å². The van der Waals surface area contributed by atoms with Crippen molar-refractivity contribution in [1.29, 1.82) is 0 Å². The number of furan rings is 1. The van der Waals surface area contributed by atoms with Gasteiger partial charge in [0.2, 0.25) is 11.0 Å². The molecule has 0 amide bonds. The Morgan fingerprint density at radius 1 is 1.20 bits per heavy atom. The van der Waals surface area contributed by atoms with Crippen LogP contribution in [0, 0.1) is 0 Å². The molecule has 0 bridgehead atoms. The maximum absolute atomic E-state index is 12.8. The predicted octanol–water partition coefficient (Wildman–Crippen LogP) is 1.92. The van der Waals surface area contributed by atoms with Crippen LogP contribution in [-0.2, 0) is 10.0 Å². The molecule has 1 saturated heterocycles. The predicted molar refractivity (Wildman–Crippen MR) is 89.5 cm³/mol. The molecule has 0 aromatic carbocycles. The maximum Gasteiger partial charge on any atom is 0.276 e. The van der Waals surface area contributed by atoms with Gasteiger partial charge in [-0.1, -0.05) is 6.92 Å². The highest BCUT2D eigenvalue weighted by atomic mass is 32.2. The van der Waals surface area contributed by atoms with E-state index in [1.165, 1.54) is 16.6 Å². The molecule has 0 N–H and O–H groups in total. The van der Waals surface area contributed by atoms with Crippen LogP contribution in [0.25, 0.3) is 11.5 Å². The van der Waals surface area contributed by atoms with Crippen molar-refractivity contribution in [3.05, 3.63) is 18.2 Å². The molecule has 8 nitrogen and oxygen atoms in total. The number of nitrogens with zero attached hydrogens (tertiary/aromatic N) is 4. The molecule has 9 heteroatoms. The Labute approximate surface area is 146 Å². The van der Waals surface area contributed by atoms with Gasteiger partial charge < -0.3 is 13.7 Å². The zero-order valence-electron chi connectivity index (χ0n) is 14.2. The summed E-state index contributed by atoms with van der Waals surface area (Å²) in [4.78, 5) is 2.28. The molecule has 2 aliphatic rings. The molecule has 3 heterocycles. The monoisotopic (exact) mass is 366 g/mol. The Morgan fingerprint density at radius 2 is 1.96 bits per heavy atom. The number of aromatic nitrogens is 2. The number of rotatable bonds is 6. The van der Waals surface area contributed by atoms with E-state index in [1.807, 2.05) is 0 Å². The molecule has 2 aromatic heterocycles. The van der Waals surface area contributed by atoms with Crippen LogP contribution < -0.4 is 0 Å². The van der Waals surface area contributed by atoms with E-state index in [1.54, 1.807) is 0 Å². The van der Waals surface area contributed by atoms with Crippen molar-refractivity contribution in [3.63, 3.8) is 0 Å². The SMILES string of the molecule is CCCN1CCN(S(=O)(=O)c2cc(-c3nnc(C4CC4)o3)co2)CC1. The number of piperazine rings is 1. The third-order valence-corrected chi connectivity index (χ3v) is 6.42. The van der Waals surface area contributed by atoms with Crippen LogP contribution in [-0.4, -0.2) is 60.5 Å². The van der Waals surface area contributed by atoms with E-state index in [0.717, 1.165) is 38.9 Å². The van der Waals surface area contributed by atoms with Crippen LogP contribution in [0.4, 0.5) is 0 Å². The van der Waals surface area contributed by atoms with E-state index >= 15 is 0 Å². The Hall–Kier alpha value is -1.71. The average molecular weight is 366 g/mol. The molecule has 0 spiro atoms. The highest BCUT2D eigenvalue weighted by molar-refractivity contribution is 7.89. The van der Waals surface area contributed by atoms with Gasteiger partial charge in [0.15, 0.2) is 0 Å². The van der Waals surface area contributed by atoms with Gasteiger partial charge in [-0.2, -0.15) is 4.31 Å². The normalized spacial score (nSPS) is 20.2. The molecule has 136 valence electrons. The van der Waals surface area contributed by atoms with E-state index in [-0.39, 0.29) is 5.09 Å². The number of sulfonamides is 1. The minimum absolute atomic E-state index is 0.0717. The third kappa shape index (κ3) is 3.36. The summed E-state index contributed by atoms with van der Waals surface area (Å²) in [5.74, 6) is 1.28. The first-order valence-electron chi connectivity index (χ1n) is 8.72. The smallest absolute Gasteiger partial charge is 0.276 e. The van der Waals surface area contributed by atoms with Gasteiger partial charge in [-0.15, -0.1) is 10.2 Å². The van der Waals surface area contributed by atoms with Crippen molar-refractivity contribution >= 4 is 10.0 Å². The molecule has 4 rings (SSSR count). The summed E-state index contributed by atoms with van der Waals surface area (Å²) in [6.07, 6.45) is 4.57. The molecule has 2 fully saturated rings. The molecular formula is C16H22N4O4S. The second kappa shape index (κ2) is 6.54. The Balaban J connectivity index is 1.48. The molecule has 25 heavy (non-hydrogen) atoms. The highest BCUT2D eigenvalue weighted by Crippen LogP contribution is 2.40. The van der Waals surface area contributed by atoms with Crippen LogP contribution in [0.5, 0.6) is 0 Å². The van der Waals surface area contributed by atoms with Crippen LogP contribution in [0.15, 0.2) is 26.3 Å². The first kappa shape index (κ1) is 16.7. The van der Waals surface area contributed by atoms with Crippen molar-refractivity contribution in [2.24, 2.45) is 0 Å². The summed E-state index contributed by atoms with van der Waals surface area (Å²) in [5.41, 5.74) is 0.502. The van der Waals surface area contributed by atoms with Crippen molar-refractivity contribution in [2.75, 3.05) is 32.7 Å². The molecule has 1 aliphatic carbocycles. The summed E-state index contributed by atoms with van der Waals surface area (Å²) in [6, 6.07) is 1.47. The quantitative estimate of drug-likeness (QED) is 0.771. The molecule has 1 aliphatic heterocycles. The fraction of sp³-hybridized carbons (Fsp3) is 0.625. The second-order valence-corrected chi connectivity index (χ2v) is 8.49. The van der Waals surface area contributed by atoms with Crippen molar-refractivity contribution in [1.82, 2.24) is 19.4 Å². The minimum atomic E-state index is -3.63. The Kier molecular flexibility index (Phi) is 4.38. The lowest BCUT2D eigenvalue weighted by molar-refractivity contribution is 0.187. The average Bonchev–Trinajstić information content (AvgIpc) is 3.13. The van der Waals surface area contributed by atoms with Gasteiger partial charge in [-0.3, -0.25) is 0 Å². The van der Waals surface area contributed by atoms with E-state index < -0.39 is 10.0 Å². The summed E-state index contributed by atoms with van der Waals surface area (Å²) < 4.78 is 37.9. The van der Waals surface area contributed by atoms with Gasteiger partial charge in [0, 0.05) is 38.2 Å². The van der Waals surface area contributed by atoms with Crippen molar-refractivity contribution in [2.45, 2.75) is 37.2 Å². The standard InChI is InChI=1S/C16H22N4O4S/c1-2-5-19-6-8-20(9-7-19)25(21,22)14-10-13(11-23-14)16-18-17-15(24-16)12-3-4-12/h10-12H,2-9H2,1H3. The summed E-state index contributed by atoms with van der Waals surface area (Å²) in [5, 5.41) is 7.94. The molecule has 1 saturated carbocycles.